The zero-order valence-electron chi connectivity index (χ0n) is 20.6. The Morgan fingerprint density at radius 3 is 2.29 bits per heavy atom. The molecule has 0 unspecified atom stereocenters. The maximum atomic E-state index is 13.2. The standard InChI is InChI=1S/C30H33NO3S/c1-3-34-26-9-8-25(30-15-21-10-22(16-30)12-23(11-21)17-30)13-24(26)14-27-28(32)31(29(33)35-27)18-20-6-4-19(2)5-7-20/h4-9,13-14,21-23H,3,10-12,15-18H2,1-2H3/b27-14+. The number of ether oxygens (including phenoxy) is 1. The van der Waals surface area contributed by atoms with Gasteiger partial charge < -0.3 is 4.74 Å². The molecule has 4 aliphatic carbocycles. The van der Waals surface area contributed by atoms with Gasteiger partial charge in [0.1, 0.15) is 5.75 Å². The van der Waals surface area contributed by atoms with Gasteiger partial charge >= 0.3 is 0 Å². The molecule has 2 aromatic carbocycles. The van der Waals surface area contributed by atoms with Gasteiger partial charge in [-0.3, -0.25) is 14.5 Å². The van der Waals surface area contributed by atoms with E-state index in [1.54, 1.807) is 0 Å². The van der Waals surface area contributed by atoms with E-state index in [0.29, 0.717) is 18.1 Å². The molecule has 5 fully saturated rings. The second-order valence-corrected chi connectivity index (χ2v) is 12.1. The number of aryl methyl sites for hydroxylation is 1. The number of thioether (sulfide) groups is 1. The van der Waals surface area contributed by atoms with Crippen LogP contribution in [0.4, 0.5) is 4.79 Å². The van der Waals surface area contributed by atoms with Crippen molar-refractivity contribution >= 4 is 29.0 Å². The lowest BCUT2D eigenvalue weighted by atomic mass is 9.48. The molecule has 4 bridgehead atoms. The number of amides is 2. The lowest BCUT2D eigenvalue weighted by Gasteiger charge is -2.57. The predicted octanol–water partition coefficient (Wildman–Crippen LogP) is 7.10. The molecular weight excluding hydrogens is 454 g/mol. The van der Waals surface area contributed by atoms with Crippen LogP contribution < -0.4 is 4.74 Å². The summed E-state index contributed by atoms with van der Waals surface area (Å²) in [5.74, 6) is 3.17. The number of benzene rings is 2. The molecule has 0 N–H and O–H groups in total. The topological polar surface area (TPSA) is 46.6 Å². The van der Waals surface area contributed by atoms with Crippen molar-refractivity contribution in [2.24, 2.45) is 17.8 Å². The monoisotopic (exact) mass is 487 g/mol. The summed E-state index contributed by atoms with van der Waals surface area (Å²) in [6.07, 6.45) is 10.00. The largest absolute Gasteiger partial charge is 0.493 e. The lowest BCUT2D eigenvalue weighted by Crippen LogP contribution is -2.48. The van der Waals surface area contributed by atoms with E-state index in [0.717, 1.165) is 52.0 Å². The fraction of sp³-hybridized carbons (Fsp3) is 0.467. The Morgan fingerprint density at radius 1 is 1.00 bits per heavy atom. The van der Waals surface area contributed by atoms with Gasteiger partial charge in [0.2, 0.25) is 0 Å². The van der Waals surface area contributed by atoms with Crippen molar-refractivity contribution in [3.8, 4) is 5.75 Å². The number of hydrogen-bond donors (Lipinski definition) is 0. The summed E-state index contributed by atoms with van der Waals surface area (Å²) in [5, 5.41) is -0.211. The van der Waals surface area contributed by atoms with Crippen molar-refractivity contribution in [3.05, 3.63) is 69.6 Å². The molecule has 0 atom stereocenters. The Kier molecular flexibility index (Phi) is 5.79. The summed E-state index contributed by atoms with van der Waals surface area (Å²) in [4.78, 5) is 27.8. The summed E-state index contributed by atoms with van der Waals surface area (Å²) in [5.41, 5.74) is 4.70. The summed E-state index contributed by atoms with van der Waals surface area (Å²) in [7, 11) is 0. The fourth-order valence-electron chi connectivity index (χ4n) is 7.40. The molecule has 4 saturated carbocycles. The van der Waals surface area contributed by atoms with E-state index < -0.39 is 0 Å². The van der Waals surface area contributed by atoms with Crippen LogP contribution in [-0.2, 0) is 16.8 Å². The van der Waals surface area contributed by atoms with Crippen LogP contribution in [0.25, 0.3) is 6.08 Å². The van der Waals surface area contributed by atoms with Gasteiger partial charge in [-0.15, -0.1) is 0 Å². The van der Waals surface area contributed by atoms with Gasteiger partial charge in [-0.1, -0.05) is 35.9 Å². The second-order valence-electron chi connectivity index (χ2n) is 11.1. The van der Waals surface area contributed by atoms with Crippen LogP contribution >= 0.6 is 11.8 Å². The first-order valence-electron chi connectivity index (χ1n) is 13.0. The van der Waals surface area contributed by atoms with Gasteiger partial charge in [-0.25, -0.2) is 0 Å². The smallest absolute Gasteiger partial charge is 0.293 e. The molecule has 1 saturated heterocycles. The highest BCUT2D eigenvalue weighted by molar-refractivity contribution is 8.18. The summed E-state index contributed by atoms with van der Waals surface area (Å²) < 4.78 is 5.95. The Hall–Kier alpha value is -2.53. The van der Waals surface area contributed by atoms with Gasteiger partial charge in [-0.2, -0.15) is 0 Å². The summed E-state index contributed by atoms with van der Waals surface area (Å²) in [6.45, 7) is 4.87. The zero-order valence-corrected chi connectivity index (χ0v) is 21.4. The molecule has 0 spiro atoms. The minimum atomic E-state index is -0.219. The number of hydrogen-bond acceptors (Lipinski definition) is 4. The highest BCUT2D eigenvalue weighted by Gasteiger charge is 2.51. The fourth-order valence-corrected chi connectivity index (χ4v) is 8.23. The van der Waals surface area contributed by atoms with Crippen LogP contribution in [0.2, 0.25) is 0 Å². The molecule has 0 aromatic heterocycles. The van der Waals surface area contributed by atoms with E-state index >= 15 is 0 Å². The van der Waals surface area contributed by atoms with E-state index in [-0.39, 0.29) is 16.6 Å². The van der Waals surface area contributed by atoms with Crippen LogP contribution in [0.15, 0.2) is 47.4 Å². The Morgan fingerprint density at radius 2 is 1.66 bits per heavy atom. The highest BCUT2D eigenvalue weighted by atomic mass is 32.2. The van der Waals surface area contributed by atoms with Gasteiger partial charge in [0.15, 0.2) is 0 Å². The van der Waals surface area contributed by atoms with Gasteiger partial charge in [-0.05, 0) is 117 Å². The summed E-state index contributed by atoms with van der Waals surface area (Å²) >= 11 is 1.03. The number of rotatable bonds is 6. The number of imide groups is 1. The second kappa shape index (κ2) is 8.85. The average molecular weight is 488 g/mol. The van der Waals surface area contributed by atoms with Crippen molar-refractivity contribution in [2.45, 2.75) is 64.3 Å². The van der Waals surface area contributed by atoms with Crippen LogP contribution in [0, 0.1) is 24.7 Å². The molecule has 1 aliphatic heterocycles. The third-order valence-electron chi connectivity index (χ3n) is 8.58. The highest BCUT2D eigenvalue weighted by Crippen LogP contribution is 2.61. The van der Waals surface area contributed by atoms with Gasteiger partial charge in [0, 0.05) is 5.56 Å². The van der Waals surface area contributed by atoms with Crippen LogP contribution in [0.3, 0.4) is 0 Å². The molecule has 1 heterocycles. The lowest BCUT2D eigenvalue weighted by molar-refractivity contribution is -0.123. The van der Waals surface area contributed by atoms with Crippen LogP contribution in [0.1, 0.15) is 67.7 Å². The normalized spacial score (nSPS) is 30.5. The molecule has 35 heavy (non-hydrogen) atoms. The Labute approximate surface area is 212 Å². The van der Waals surface area contributed by atoms with Crippen molar-refractivity contribution in [1.82, 2.24) is 4.90 Å². The van der Waals surface area contributed by atoms with Crippen LogP contribution in [-0.4, -0.2) is 22.7 Å². The molecule has 0 radical (unpaired) electrons. The van der Waals surface area contributed by atoms with Gasteiger partial charge in [0.05, 0.1) is 18.1 Å². The van der Waals surface area contributed by atoms with Crippen LogP contribution in [0.5, 0.6) is 5.75 Å². The van der Waals surface area contributed by atoms with Crippen molar-refractivity contribution < 1.29 is 14.3 Å². The minimum absolute atomic E-state index is 0.211. The number of carbonyl (C=O) groups excluding carboxylic acids is 2. The molecule has 7 rings (SSSR count). The number of carbonyl (C=O) groups is 2. The average Bonchev–Trinajstić information content (AvgIpc) is 3.08. The maximum Gasteiger partial charge on any atom is 0.293 e. The first-order valence-corrected chi connectivity index (χ1v) is 13.8. The van der Waals surface area contributed by atoms with E-state index in [1.807, 2.05) is 44.2 Å². The zero-order chi connectivity index (χ0) is 24.2. The van der Waals surface area contributed by atoms with E-state index in [2.05, 4.69) is 18.2 Å². The molecule has 2 amide bonds. The Bertz CT molecular complexity index is 1160. The van der Waals surface area contributed by atoms with Crippen molar-refractivity contribution in [2.75, 3.05) is 6.61 Å². The summed E-state index contributed by atoms with van der Waals surface area (Å²) in [6, 6.07) is 14.6. The number of nitrogens with zero attached hydrogens (tertiary/aromatic N) is 1. The first-order chi connectivity index (χ1) is 16.9. The molecule has 5 aliphatic rings. The third kappa shape index (κ3) is 4.22. The van der Waals surface area contributed by atoms with Crippen molar-refractivity contribution in [1.29, 1.82) is 0 Å². The van der Waals surface area contributed by atoms with Gasteiger partial charge in [0.25, 0.3) is 11.1 Å². The third-order valence-corrected chi connectivity index (χ3v) is 9.49. The Balaban J connectivity index is 1.31. The van der Waals surface area contributed by atoms with E-state index in [1.165, 1.54) is 49.0 Å². The molecule has 5 heteroatoms. The molecule has 4 nitrogen and oxygen atoms in total. The minimum Gasteiger partial charge on any atom is -0.493 e. The van der Waals surface area contributed by atoms with E-state index in [4.69, 9.17) is 4.74 Å². The SMILES string of the molecule is CCOc1ccc(C23CC4CC(CC(C4)C2)C3)cc1/C=C1/SC(=O)N(Cc2ccc(C)cc2)C1=O. The maximum absolute atomic E-state index is 13.2. The van der Waals surface area contributed by atoms with E-state index in [9.17, 15) is 9.59 Å². The van der Waals surface area contributed by atoms with Crippen molar-refractivity contribution in [3.63, 3.8) is 0 Å². The first kappa shape index (κ1) is 22.9. The molecule has 182 valence electrons. The molecule has 2 aromatic rings. The molecular formula is C30H33NO3S. The quantitative estimate of drug-likeness (QED) is 0.408. The predicted molar refractivity (Wildman–Crippen MR) is 140 cm³/mol.